The van der Waals surface area contributed by atoms with Gasteiger partial charge in [0.1, 0.15) is 11.4 Å². The molecule has 0 radical (unpaired) electrons. The molecule has 1 aliphatic carbocycles. The van der Waals surface area contributed by atoms with Crippen molar-refractivity contribution in [2.75, 3.05) is 5.32 Å². The molecule has 0 aromatic carbocycles. The number of fused-ring (bicyclic) bond motifs is 1. The zero-order valence-corrected chi connectivity index (χ0v) is 8.32. The summed E-state index contributed by atoms with van der Waals surface area (Å²) in [6.07, 6.45) is 1.49. The molecule has 3 N–H and O–H groups in total. The molecule has 1 aromatic heterocycles. The van der Waals surface area contributed by atoms with Crippen LogP contribution in [-0.4, -0.2) is 28.1 Å². The average Bonchev–Trinajstić information content (AvgIpc) is 2.97. The molecule has 1 unspecified atom stereocenters. The number of carboxylic acid groups (broad SMARTS) is 1. The molecule has 6 nitrogen and oxygen atoms in total. The largest absolute Gasteiger partial charge is 0.477 e. The normalized spacial score (nSPS) is 23.2. The molecular weight excluding hydrogens is 212 g/mol. The number of carbonyl (C=O) groups is 2. The van der Waals surface area contributed by atoms with Crippen molar-refractivity contribution in [2.24, 2.45) is 5.92 Å². The maximum absolute atomic E-state index is 11.6. The lowest BCUT2D eigenvalue weighted by molar-refractivity contribution is -0.124. The minimum atomic E-state index is -1.07. The van der Waals surface area contributed by atoms with Crippen molar-refractivity contribution in [3.8, 4) is 5.88 Å². The summed E-state index contributed by atoms with van der Waals surface area (Å²) in [6, 6.07) is 1.36. The Bertz CT molecular complexity index is 475. The number of aromatic carboxylic acids is 1. The lowest BCUT2D eigenvalue weighted by atomic mass is 10.2. The Morgan fingerprint density at radius 1 is 1.50 bits per heavy atom. The highest BCUT2D eigenvalue weighted by Gasteiger charge is 2.41. The Morgan fingerprint density at radius 2 is 2.25 bits per heavy atom. The van der Waals surface area contributed by atoms with Gasteiger partial charge in [0.25, 0.3) is 5.91 Å². The van der Waals surface area contributed by atoms with Crippen LogP contribution in [0.25, 0.3) is 0 Å². The van der Waals surface area contributed by atoms with Gasteiger partial charge in [-0.3, -0.25) is 4.79 Å². The smallest absolute Gasteiger partial charge is 0.352 e. The van der Waals surface area contributed by atoms with Crippen LogP contribution in [0.5, 0.6) is 5.88 Å². The molecule has 84 valence electrons. The van der Waals surface area contributed by atoms with E-state index in [4.69, 9.17) is 9.84 Å². The summed E-state index contributed by atoms with van der Waals surface area (Å²) in [7, 11) is 0. The zero-order chi connectivity index (χ0) is 11.3. The first-order valence-electron chi connectivity index (χ1n) is 5.09. The number of H-pyrrole nitrogens is 1. The lowest BCUT2D eigenvalue weighted by Gasteiger charge is -2.22. The van der Waals surface area contributed by atoms with Gasteiger partial charge in [-0.1, -0.05) is 0 Å². The van der Waals surface area contributed by atoms with E-state index in [0.717, 1.165) is 12.8 Å². The van der Waals surface area contributed by atoms with Gasteiger partial charge in [0, 0.05) is 5.92 Å². The van der Waals surface area contributed by atoms with Crippen molar-refractivity contribution in [2.45, 2.75) is 18.9 Å². The third kappa shape index (κ3) is 1.34. The van der Waals surface area contributed by atoms with Crippen LogP contribution in [-0.2, 0) is 4.79 Å². The maximum Gasteiger partial charge on any atom is 0.352 e. The van der Waals surface area contributed by atoms with Crippen LogP contribution in [0.4, 0.5) is 5.69 Å². The lowest BCUT2D eigenvalue weighted by Crippen LogP contribution is -2.38. The Hall–Kier alpha value is -1.98. The number of rotatable bonds is 2. The topological polar surface area (TPSA) is 91.4 Å². The zero-order valence-electron chi connectivity index (χ0n) is 8.32. The van der Waals surface area contributed by atoms with Gasteiger partial charge in [-0.05, 0) is 18.9 Å². The fourth-order valence-electron chi connectivity index (χ4n) is 1.83. The number of hydrogen-bond donors (Lipinski definition) is 3. The minimum absolute atomic E-state index is 0.0155. The van der Waals surface area contributed by atoms with Gasteiger partial charge in [-0.25, -0.2) is 4.79 Å². The summed E-state index contributed by atoms with van der Waals surface area (Å²) in [4.78, 5) is 25.0. The number of carboxylic acids is 1. The Kier molecular flexibility index (Phi) is 1.74. The van der Waals surface area contributed by atoms with Crippen molar-refractivity contribution in [1.29, 1.82) is 0 Å². The number of hydrogen-bond acceptors (Lipinski definition) is 3. The standard InChI is InChI=1S/C10H10N2O4/c13-8-7(4-1-2-4)16-9-5(11-8)3-6(12-9)10(14)15/h3-4,7,12H,1-2H2,(H,11,13)(H,14,15). The molecule has 1 amide bonds. The van der Waals surface area contributed by atoms with Crippen LogP contribution in [0, 0.1) is 5.92 Å². The van der Waals surface area contributed by atoms with Gasteiger partial charge in [0.2, 0.25) is 5.88 Å². The van der Waals surface area contributed by atoms with E-state index in [9.17, 15) is 9.59 Å². The fraction of sp³-hybridized carbons (Fsp3) is 0.400. The van der Waals surface area contributed by atoms with E-state index in [1.807, 2.05) is 0 Å². The van der Waals surface area contributed by atoms with Gasteiger partial charge in [-0.15, -0.1) is 0 Å². The first kappa shape index (κ1) is 9.26. The number of anilines is 1. The van der Waals surface area contributed by atoms with Crippen molar-refractivity contribution in [3.63, 3.8) is 0 Å². The quantitative estimate of drug-likeness (QED) is 0.690. The molecule has 1 saturated carbocycles. The number of aromatic amines is 1. The summed E-state index contributed by atoms with van der Waals surface area (Å²) in [5.74, 6) is -0.653. The van der Waals surface area contributed by atoms with E-state index in [1.165, 1.54) is 6.07 Å². The van der Waals surface area contributed by atoms with E-state index in [0.29, 0.717) is 11.6 Å². The molecule has 2 aliphatic rings. The molecular formula is C10H10N2O4. The number of carbonyl (C=O) groups excluding carboxylic acids is 1. The fourth-order valence-corrected chi connectivity index (χ4v) is 1.83. The summed E-state index contributed by atoms with van der Waals surface area (Å²) < 4.78 is 5.47. The summed E-state index contributed by atoms with van der Waals surface area (Å²) in [6.45, 7) is 0. The number of amides is 1. The molecule has 1 fully saturated rings. The first-order valence-corrected chi connectivity index (χ1v) is 5.09. The molecule has 1 atom stereocenters. The molecule has 1 aromatic rings. The predicted octanol–water partition coefficient (Wildman–Crippen LogP) is 0.822. The van der Waals surface area contributed by atoms with Crippen molar-refractivity contribution in [1.82, 2.24) is 4.98 Å². The highest BCUT2D eigenvalue weighted by atomic mass is 16.5. The van der Waals surface area contributed by atoms with Crippen LogP contribution in [0.15, 0.2) is 6.07 Å². The van der Waals surface area contributed by atoms with Crippen LogP contribution >= 0.6 is 0 Å². The van der Waals surface area contributed by atoms with E-state index in [2.05, 4.69) is 10.3 Å². The predicted molar refractivity (Wildman–Crippen MR) is 53.5 cm³/mol. The Balaban J connectivity index is 1.92. The van der Waals surface area contributed by atoms with Crippen molar-refractivity contribution >= 4 is 17.6 Å². The van der Waals surface area contributed by atoms with Crippen LogP contribution < -0.4 is 10.1 Å². The highest BCUT2D eigenvalue weighted by molar-refractivity contribution is 5.99. The van der Waals surface area contributed by atoms with Gasteiger partial charge in [-0.2, -0.15) is 0 Å². The molecule has 16 heavy (non-hydrogen) atoms. The second-order valence-corrected chi connectivity index (χ2v) is 4.10. The first-order chi connectivity index (χ1) is 7.65. The minimum Gasteiger partial charge on any atom is -0.477 e. The Morgan fingerprint density at radius 3 is 2.88 bits per heavy atom. The number of aromatic nitrogens is 1. The molecule has 3 rings (SSSR count). The van der Waals surface area contributed by atoms with Crippen LogP contribution in [0.2, 0.25) is 0 Å². The molecule has 0 spiro atoms. The summed E-state index contributed by atoms with van der Waals surface area (Å²) in [5.41, 5.74) is 0.418. The third-order valence-corrected chi connectivity index (χ3v) is 2.82. The van der Waals surface area contributed by atoms with Crippen LogP contribution in [0.1, 0.15) is 23.3 Å². The van der Waals surface area contributed by atoms with Gasteiger partial charge >= 0.3 is 5.97 Å². The van der Waals surface area contributed by atoms with E-state index < -0.39 is 12.1 Å². The SMILES string of the molecule is O=C(O)c1cc2c([nH]1)OC(C1CC1)C(=O)N2. The molecule has 1 aliphatic heterocycles. The van der Waals surface area contributed by atoms with E-state index in [1.54, 1.807) is 0 Å². The Labute approximate surface area is 90.6 Å². The molecule has 2 heterocycles. The highest BCUT2D eigenvalue weighted by Crippen LogP contribution is 2.39. The van der Waals surface area contributed by atoms with Gasteiger partial charge < -0.3 is 20.1 Å². The number of ether oxygens (including phenoxy) is 1. The van der Waals surface area contributed by atoms with E-state index >= 15 is 0 Å². The van der Waals surface area contributed by atoms with Crippen molar-refractivity contribution < 1.29 is 19.4 Å². The number of nitrogens with one attached hydrogen (secondary N) is 2. The molecule has 6 heteroatoms. The average molecular weight is 222 g/mol. The molecule has 0 bridgehead atoms. The second kappa shape index (κ2) is 3.01. The van der Waals surface area contributed by atoms with E-state index in [-0.39, 0.29) is 17.5 Å². The summed E-state index contributed by atoms with van der Waals surface area (Å²) in [5, 5.41) is 11.4. The van der Waals surface area contributed by atoms with Crippen molar-refractivity contribution in [3.05, 3.63) is 11.8 Å². The monoisotopic (exact) mass is 222 g/mol. The molecule has 0 saturated heterocycles. The third-order valence-electron chi connectivity index (χ3n) is 2.82. The van der Waals surface area contributed by atoms with Gasteiger partial charge in [0.05, 0.1) is 0 Å². The van der Waals surface area contributed by atoms with Gasteiger partial charge in [0.15, 0.2) is 6.10 Å². The second-order valence-electron chi connectivity index (χ2n) is 4.10. The van der Waals surface area contributed by atoms with Crippen LogP contribution in [0.3, 0.4) is 0 Å². The summed E-state index contributed by atoms with van der Waals surface area (Å²) >= 11 is 0. The maximum atomic E-state index is 11.6.